The van der Waals surface area contributed by atoms with E-state index in [0.29, 0.717) is 24.6 Å². The topological polar surface area (TPSA) is 47.4 Å². The van der Waals surface area contributed by atoms with E-state index in [1.54, 1.807) is 21.7 Å². The molecule has 0 spiro atoms. The maximum absolute atomic E-state index is 13.4. The average molecular weight is 363 g/mol. The minimum absolute atomic E-state index is 0.107. The number of fused-ring (bicyclic) bond motifs is 2. The maximum atomic E-state index is 13.4. The molecular weight excluding hydrogens is 345 g/mol. The highest BCUT2D eigenvalue weighted by Crippen LogP contribution is 2.34. The number of rotatable bonds is 2. The zero-order valence-electron chi connectivity index (χ0n) is 14.7. The van der Waals surface area contributed by atoms with Gasteiger partial charge in [0.25, 0.3) is 5.91 Å². The van der Waals surface area contributed by atoms with Crippen LogP contribution in [0.15, 0.2) is 48.5 Å². The third-order valence-corrected chi connectivity index (χ3v) is 5.18. The van der Waals surface area contributed by atoms with Crippen molar-refractivity contribution in [3.63, 3.8) is 0 Å². The number of benzene rings is 2. The molecule has 2 heterocycles. The maximum Gasteiger partial charge on any atom is 0.279 e. The SMILES string of the molecule is O=C(c1nn(-c2ccc(F)cc2)c2c1CCC2)N1CCOc2ccccc21. The minimum atomic E-state index is -0.288. The van der Waals surface area contributed by atoms with Gasteiger partial charge in [0.05, 0.1) is 17.9 Å². The highest BCUT2D eigenvalue weighted by atomic mass is 19.1. The lowest BCUT2D eigenvalue weighted by Crippen LogP contribution is -2.38. The summed E-state index contributed by atoms with van der Waals surface area (Å²) in [6.07, 6.45) is 2.70. The van der Waals surface area contributed by atoms with Gasteiger partial charge in [-0.2, -0.15) is 5.10 Å². The Labute approximate surface area is 156 Å². The van der Waals surface area contributed by atoms with Gasteiger partial charge in [-0.3, -0.25) is 4.79 Å². The summed E-state index contributed by atoms with van der Waals surface area (Å²) in [5, 5.41) is 4.64. The second kappa shape index (κ2) is 6.23. The van der Waals surface area contributed by atoms with E-state index in [0.717, 1.165) is 41.9 Å². The molecule has 0 saturated carbocycles. The molecule has 5 nitrogen and oxygen atoms in total. The Balaban J connectivity index is 1.58. The molecule has 3 aromatic rings. The van der Waals surface area contributed by atoms with Gasteiger partial charge in [0.2, 0.25) is 0 Å². The van der Waals surface area contributed by atoms with Gasteiger partial charge >= 0.3 is 0 Å². The Morgan fingerprint density at radius 2 is 1.89 bits per heavy atom. The Bertz CT molecular complexity index is 1030. The van der Waals surface area contributed by atoms with Crippen LogP contribution >= 0.6 is 0 Å². The van der Waals surface area contributed by atoms with Gasteiger partial charge in [-0.25, -0.2) is 9.07 Å². The van der Waals surface area contributed by atoms with Crippen LogP contribution in [0.1, 0.15) is 28.2 Å². The van der Waals surface area contributed by atoms with Crippen molar-refractivity contribution >= 4 is 11.6 Å². The van der Waals surface area contributed by atoms with Crippen molar-refractivity contribution in [3.8, 4) is 11.4 Å². The molecule has 136 valence electrons. The number of para-hydroxylation sites is 2. The molecule has 1 aliphatic carbocycles. The second-order valence-corrected chi connectivity index (χ2v) is 6.79. The first-order valence-electron chi connectivity index (χ1n) is 9.13. The summed E-state index contributed by atoms with van der Waals surface area (Å²) in [7, 11) is 0. The molecule has 2 aliphatic rings. The fourth-order valence-corrected chi connectivity index (χ4v) is 3.91. The fourth-order valence-electron chi connectivity index (χ4n) is 3.91. The molecule has 0 N–H and O–H groups in total. The summed E-state index contributed by atoms with van der Waals surface area (Å²) in [6, 6.07) is 13.8. The summed E-state index contributed by atoms with van der Waals surface area (Å²) in [6.45, 7) is 0.956. The molecule has 2 aromatic carbocycles. The standard InChI is InChI=1S/C21H18FN3O2/c22-14-8-10-15(11-9-14)25-17-6-3-4-16(17)20(23-25)21(26)24-12-13-27-19-7-2-1-5-18(19)24/h1-2,5,7-11H,3-4,6,12-13H2. The van der Waals surface area contributed by atoms with Crippen LogP contribution in [0.5, 0.6) is 5.75 Å². The largest absolute Gasteiger partial charge is 0.490 e. The first kappa shape index (κ1) is 16.1. The van der Waals surface area contributed by atoms with Crippen LogP contribution in [0.3, 0.4) is 0 Å². The third-order valence-electron chi connectivity index (χ3n) is 5.18. The molecule has 1 aliphatic heterocycles. The number of hydrogen-bond donors (Lipinski definition) is 0. The molecule has 6 heteroatoms. The number of hydrogen-bond acceptors (Lipinski definition) is 3. The van der Waals surface area contributed by atoms with E-state index in [2.05, 4.69) is 5.10 Å². The van der Waals surface area contributed by atoms with Gasteiger partial charge in [-0.05, 0) is 55.7 Å². The van der Waals surface area contributed by atoms with Crippen LogP contribution in [0.2, 0.25) is 0 Å². The van der Waals surface area contributed by atoms with Crippen molar-refractivity contribution in [1.82, 2.24) is 9.78 Å². The van der Waals surface area contributed by atoms with E-state index in [1.807, 2.05) is 24.3 Å². The molecule has 1 amide bonds. The number of carbonyl (C=O) groups is 1. The lowest BCUT2D eigenvalue weighted by molar-refractivity contribution is 0.0970. The lowest BCUT2D eigenvalue weighted by Gasteiger charge is -2.29. The molecule has 5 rings (SSSR count). The highest BCUT2D eigenvalue weighted by Gasteiger charge is 2.32. The van der Waals surface area contributed by atoms with Crippen molar-refractivity contribution in [3.05, 3.63) is 71.3 Å². The molecule has 0 radical (unpaired) electrons. The first-order chi connectivity index (χ1) is 13.2. The Morgan fingerprint density at radius 3 is 2.74 bits per heavy atom. The molecule has 0 saturated heterocycles. The number of anilines is 1. The third kappa shape index (κ3) is 2.60. The van der Waals surface area contributed by atoms with Crippen LogP contribution in [0.4, 0.5) is 10.1 Å². The van der Waals surface area contributed by atoms with Crippen molar-refractivity contribution in [1.29, 1.82) is 0 Å². The molecule has 27 heavy (non-hydrogen) atoms. The van der Waals surface area contributed by atoms with Crippen LogP contribution in [-0.4, -0.2) is 28.8 Å². The number of halogens is 1. The molecule has 1 aromatic heterocycles. The van der Waals surface area contributed by atoms with E-state index in [1.165, 1.54) is 12.1 Å². The Morgan fingerprint density at radius 1 is 1.07 bits per heavy atom. The molecule has 0 bridgehead atoms. The Hall–Kier alpha value is -3.15. The lowest BCUT2D eigenvalue weighted by atomic mass is 10.1. The summed E-state index contributed by atoms with van der Waals surface area (Å²) in [5.74, 6) is 0.320. The van der Waals surface area contributed by atoms with Crippen LogP contribution in [-0.2, 0) is 12.8 Å². The van der Waals surface area contributed by atoms with Gasteiger partial charge in [0.1, 0.15) is 18.2 Å². The first-order valence-corrected chi connectivity index (χ1v) is 9.13. The molecular formula is C21H18FN3O2. The normalized spacial score (nSPS) is 15.2. The summed E-state index contributed by atoms with van der Waals surface area (Å²) in [4.78, 5) is 15.1. The zero-order chi connectivity index (χ0) is 18.4. The number of aromatic nitrogens is 2. The molecule has 0 fully saturated rings. The Kier molecular flexibility index (Phi) is 3.70. The summed E-state index contributed by atoms with van der Waals surface area (Å²) >= 11 is 0. The predicted octanol–water partition coefficient (Wildman–Crippen LogP) is 3.54. The van der Waals surface area contributed by atoms with Crippen LogP contribution in [0.25, 0.3) is 5.69 Å². The summed E-state index contributed by atoms with van der Waals surface area (Å²) in [5.41, 5.74) is 4.09. The van der Waals surface area contributed by atoms with E-state index in [-0.39, 0.29) is 11.7 Å². The molecule has 0 atom stereocenters. The van der Waals surface area contributed by atoms with Gasteiger partial charge in [-0.1, -0.05) is 12.1 Å². The van der Waals surface area contributed by atoms with Gasteiger partial charge < -0.3 is 9.64 Å². The van der Waals surface area contributed by atoms with Gasteiger partial charge in [-0.15, -0.1) is 0 Å². The fraction of sp³-hybridized carbons (Fsp3) is 0.238. The van der Waals surface area contributed by atoms with Crippen LogP contribution < -0.4 is 9.64 Å². The monoisotopic (exact) mass is 363 g/mol. The minimum Gasteiger partial charge on any atom is -0.490 e. The number of amides is 1. The number of ether oxygens (including phenoxy) is 1. The van der Waals surface area contributed by atoms with Gasteiger partial charge in [0.15, 0.2) is 5.69 Å². The van der Waals surface area contributed by atoms with E-state index >= 15 is 0 Å². The van der Waals surface area contributed by atoms with E-state index < -0.39 is 0 Å². The average Bonchev–Trinajstić information content (AvgIpc) is 3.31. The second-order valence-electron chi connectivity index (χ2n) is 6.79. The smallest absolute Gasteiger partial charge is 0.279 e. The van der Waals surface area contributed by atoms with Crippen LogP contribution in [0, 0.1) is 5.82 Å². The van der Waals surface area contributed by atoms with Gasteiger partial charge in [0, 0.05) is 11.3 Å². The van der Waals surface area contributed by atoms with Crippen molar-refractivity contribution < 1.29 is 13.9 Å². The van der Waals surface area contributed by atoms with Crippen molar-refractivity contribution in [2.24, 2.45) is 0 Å². The summed E-state index contributed by atoms with van der Waals surface area (Å²) < 4.78 is 20.7. The van der Waals surface area contributed by atoms with Crippen molar-refractivity contribution in [2.45, 2.75) is 19.3 Å². The number of nitrogens with zero attached hydrogens (tertiary/aromatic N) is 3. The number of carbonyl (C=O) groups excluding carboxylic acids is 1. The van der Waals surface area contributed by atoms with Crippen molar-refractivity contribution in [2.75, 3.05) is 18.1 Å². The van der Waals surface area contributed by atoms with E-state index in [9.17, 15) is 9.18 Å². The zero-order valence-corrected chi connectivity index (χ0v) is 14.7. The molecule has 0 unspecified atom stereocenters. The van der Waals surface area contributed by atoms with E-state index in [4.69, 9.17) is 4.74 Å². The quantitative estimate of drug-likeness (QED) is 0.700. The predicted molar refractivity (Wildman–Crippen MR) is 99.2 cm³/mol. The highest BCUT2D eigenvalue weighted by molar-refractivity contribution is 6.07.